The molecule has 0 unspecified atom stereocenters. The molecule has 2 aromatic carbocycles. The van der Waals surface area contributed by atoms with Gasteiger partial charge in [-0.05, 0) is 48.5 Å². The topological polar surface area (TPSA) is 6.48 Å². The Labute approximate surface area is 169 Å². The summed E-state index contributed by atoms with van der Waals surface area (Å²) in [6.45, 7) is 7.13. The van der Waals surface area contributed by atoms with Gasteiger partial charge in [-0.15, -0.1) is 0 Å². The molecule has 2 atom stereocenters. The van der Waals surface area contributed by atoms with Crippen molar-refractivity contribution in [2.45, 2.75) is 25.9 Å². The fourth-order valence-corrected chi connectivity index (χ4v) is 4.19. The van der Waals surface area contributed by atoms with Crippen molar-refractivity contribution < 1.29 is 0 Å². The van der Waals surface area contributed by atoms with Crippen LogP contribution >= 0.6 is 46.4 Å². The van der Waals surface area contributed by atoms with Crippen LogP contribution in [-0.2, 0) is 0 Å². The molecule has 2 aromatic rings. The Morgan fingerprint density at radius 1 is 0.720 bits per heavy atom. The maximum atomic E-state index is 6.29. The minimum atomic E-state index is 0.178. The van der Waals surface area contributed by atoms with E-state index in [1.807, 2.05) is 24.3 Å². The highest BCUT2D eigenvalue weighted by molar-refractivity contribution is 6.42. The van der Waals surface area contributed by atoms with E-state index in [1.54, 1.807) is 0 Å². The van der Waals surface area contributed by atoms with Gasteiger partial charge in [0.05, 0.1) is 38.8 Å². The van der Waals surface area contributed by atoms with E-state index in [0.29, 0.717) is 20.1 Å². The molecule has 0 amide bonds. The summed E-state index contributed by atoms with van der Waals surface area (Å²) in [5, 5.41) is 2.31. The first-order valence-corrected chi connectivity index (χ1v) is 9.85. The van der Waals surface area contributed by atoms with Crippen LogP contribution in [0.25, 0.3) is 0 Å². The molecule has 0 saturated carbocycles. The van der Waals surface area contributed by atoms with Gasteiger partial charge in [-0.1, -0.05) is 72.4 Å². The molecule has 134 valence electrons. The summed E-state index contributed by atoms with van der Waals surface area (Å²) < 4.78 is 0. The fourth-order valence-electron chi connectivity index (χ4n) is 3.58. The lowest BCUT2D eigenvalue weighted by atomic mass is 9.93. The molecule has 0 aromatic heterocycles. The highest BCUT2D eigenvalue weighted by Gasteiger charge is 2.40. The van der Waals surface area contributed by atoms with Gasteiger partial charge < -0.3 is 0 Å². The normalized spacial score (nSPS) is 21.8. The van der Waals surface area contributed by atoms with Crippen molar-refractivity contribution in [1.82, 2.24) is 9.80 Å². The smallest absolute Gasteiger partial charge is 0.0595 e. The Balaban J connectivity index is 2.09. The van der Waals surface area contributed by atoms with E-state index < -0.39 is 0 Å². The van der Waals surface area contributed by atoms with Gasteiger partial charge in [0.1, 0.15) is 0 Å². The molecular formula is C19H20Cl4N2. The fraction of sp³-hybridized carbons (Fsp3) is 0.368. The first kappa shape index (κ1) is 19.3. The van der Waals surface area contributed by atoms with Crippen LogP contribution in [-0.4, -0.2) is 29.6 Å². The highest BCUT2D eigenvalue weighted by atomic mass is 35.5. The largest absolute Gasteiger partial charge is 0.282 e. The van der Waals surface area contributed by atoms with Crippen molar-refractivity contribution in [1.29, 1.82) is 0 Å². The zero-order valence-corrected chi connectivity index (χ0v) is 17.2. The van der Waals surface area contributed by atoms with Gasteiger partial charge in [0.15, 0.2) is 0 Å². The summed E-state index contributed by atoms with van der Waals surface area (Å²) in [6.07, 6.45) is 0. The van der Waals surface area contributed by atoms with Crippen LogP contribution in [0.1, 0.15) is 37.1 Å². The van der Waals surface area contributed by atoms with Gasteiger partial charge in [-0.3, -0.25) is 9.80 Å². The Morgan fingerprint density at radius 3 is 1.44 bits per heavy atom. The Morgan fingerprint density at radius 2 is 1.12 bits per heavy atom. The summed E-state index contributed by atoms with van der Waals surface area (Å²) in [5.74, 6) is 0. The van der Waals surface area contributed by atoms with Crippen molar-refractivity contribution in [2.24, 2.45) is 0 Å². The molecule has 1 aliphatic rings. The summed E-state index contributed by atoms with van der Waals surface area (Å²) in [4.78, 5) is 4.88. The number of halogens is 4. The molecule has 0 N–H and O–H groups in total. The van der Waals surface area contributed by atoms with E-state index in [0.717, 1.165) is 30.9 Å². The highest BCUT2D eigenvalue weighted by Crippen LogP contribution is 2.45. The molecule has 3 rings (SSSR count). The number of hydrogen-bond donors (Lipinski definition) is 0. The summed E-state index contributed by atoms with van der Waals surface area (Å²) in [7, 11) is 0. The number of likely N-dealkylation sites (N-methyl/N-ethyl adjacent to an activating group) is 2. The van der Waals surface area contributed by atoms with E-state index in [2.05, 4.69) is 35.8 Å². The second-order valence-corrected chi connectivity index (χ2v) is 7.82. The predicted molar refractivity (Wildman–Crippen MR) is 108 cm³/mol. The molecular weight excluding hydrogens is 398 g/mol. The summed E-state index contributed by atoms with van der Waals surface area (Å²) in [5.41, 5.74) is 2.31. The zero-order chi connectivity index (χ0) is 18.1. The van der Waals surface area contributed by atoms with Crippen LogP contribution in [0.2, 0.25) is 20.1 Å². The third-order valence-corrected chi connectivity index (χ3v) is 6.31. The summed E-state index contributed by atoms with van der Waals surface area (Å²) >= 11 is 24.8. The molecule has 6 heteroatoms. The van der Waals surface area contributed by atoms with E-state index >= 15 is 0 Å². The maximum absolute atomic E-state index is 6.29. The number of rotatable bonds is 4. The lowest BCUT2D eigenvalue weighted by Gasteiger charge is -2.29. The standard InChI is InChI=1S/C19H20Cl4N2/c1-3-24-11-25(4-2)19(13-6-8-15(21)17(23)10-13)18(24)12-5-7-14(20)16(22)9-12/h5-10,18-19H,3-4,11H2,1-2H3/t18-,19+. The van der Waals surface area contributed by atoms with Crippen LogP contribution in [0, 0.1) is 0 Å². The van der Waals surface area contributed by atoms with Gasteiger partial charge in [0.25, 0.3) is 0 Å². The second-order valence-electron chi connectivity index (χ2n) is 6.19. The molecule has 1 aliphatic heterocycles. The quantitative estimate of drug-likeness (QED) is 0.546. The molecule has 25 heavy (non-hydrogen) atoms. The van der Waals surface area contributed by atoms with Gasteiger partial charge in [-0.2, -0.15) is 0 Å². The average Bonchev–Trinajstić information content (AvgIpc) is 2.98. The minimum Gasteiger partial charge on any atom is -0.282 e. The predicted octanol–water partition coefficient (Wildman–Crippen LogP) is 6.70. The van der Waals surface area contributed by atoms with Gasteiger partial charge >= 0.3 is 0 Å². The van der Waals surface area contributed by atoms with Crippen molar-refractivity contribution in [2.75, 3.05) is 19.8 Å². The lowest BCUT2D eigenvalue weighted by molar-refractivity contribution is 0.232. The van der Waals surface area contributed by atoms with Crippen molar-refractivity contribution in [3.8, 4) is 0 Å². The molecule has 2 nitrogen and oxygen atoms in total. The van der Waals surface area contributed by atoms with Crippen molar-refractivity contribution >= 4 is 46.4 Å². The number of benzene rings is 2. The SMILES string of the molecule is CCN1CN(CC)[C@@H](c2ccc(Cl)c(Cl)c2)[C@H]1c1ccc(Cl)c(Cl)c1. The third-order valence-electron chi connectivity index (χ3n) is 4.83. The van der Waals surface area contributed by atoms with Crippen LogP contribution < -0.4 is 0 Å². The van der Waals surface area contributed by atoms with Crippen LogP contribution in [0.5, 0.6) is 0 Å². The summed E-state index contributed by atoms with van der Waals surface area (Å²) in [6, 6.07) is 12.2. The first-order valence-electron chi connectivity index (χ1n) is 8.34. The average molecular weight is 418 g/mol. The number of nitrogens with zero attached hydrogens (tertiary/aromatic N) is 2. The Kier molecular flexibility index (Phi) is 6.20. The van der Waals surface area contributed by atoms with Crippen LogP contribution in [0.4, 0.5) is 0 Å². The monoisotopic (exact) mass is 416 g/mol. The van der Waals surface area contributed by atoms with Gasteiger partial charge in [0, 0.05) is 0 Å². The second kappa shape index (κ2) is 8.04. The van der Waals surface area contributed by atoms with Crippen LogP contribution in [0.15, 0.2) is 36.4 Å². The molecule has 1 fully saturated rings. The molecule has 0 radical (unpaired) electrons. The van der Waals surface area contributed by atoms with E-state index in [9.17, 15) is 0 Å². The molecule has 0 spiro atoms. The maximum Gasteiger partial charge on any atom is 0.0595 e. The molecule has 1 saturated heterocycles. The third kappa shape index (κ3) is 3.80. The molecule has 1 heterocycles. The lowest BCUT2D eigenvalue weighted by Crippen LogP contribution is -2.26. The zero-order valence-electron chi connectivity index (χ0n) is 14.1. The minimum absolute atomic E-state index is 0.178. The molecule has 0 aliphatic carbocycles. The van der Waals surface area contributed by atoms with E-state index in [-0.39, 0.29) is 12.1 Å². The van der Waals surface area contributed by atoms with Crippen molar-refractivity contribution in [3.63, 3.8) is 0 Å². The van der Waals surface area contributed by atoms with Crippen molar-refractivity contribution in [3.05, 3.63) is 67.6 Å². The Bertz CT molecular complexity index is 702. The first-order chi connectivity index (χ1) is 12.0. The van der Waals surface area contributed by atoms with Gasteiger partial charge in [-0.25, -0.2) is 0 Å². The number of hydrogen-bond acceptors (Lipinski definition) is 2. The van der Waals surface area contributed by atoms with E-state index in [4.69, 9.17) is 46.4 Å². The Hall–Kier alpha value is -0.480. The van der Waals surface area contributed by atoms with E-state index in [1.165, 1.54) is 0 Å². The van der Waals surface area contributed by atoms with Crippen LogP contribution in [0.3, 0.4) is 0 Å². The molecule has 0 bridgehead atoms. The van der Waals surface area contributed by atoms with Gasteiger partial charge in [0.2, 0.25) is 0 Å².